The van der Waals surface area contributed by atoms with Crippen molar-refractivity contribution in [1.82, 2.24) is 5.32 Å². The van der Waals surface area contributed by atoms with Crippen LogP contribution >= 0.6 is 11.8 Å². The molecule has 1 saturated carbocycles. The van der Waals surface area contributed by atoms with E-state index in [1.54, 1.807) is 0 Å². The molecule has 0 saturated heterocycles. The molecule has 1 N–H and O–H groups in total. The summed E-state index contributed by atoms with van der Waals surface area (Å²) in [4.78, 5) is 1.39. The minimum Gasteiger partial charge on any atom is -0.313 e. The highest BCUT2D eigenvalue weighted by molar-refractivity contribution is 7.99. The quantitative estimate of drug-likeness (QED) is 0.741. The lowest BCUT2D eigenvalue weighted by atomic mass is 10.2. The first-order valence-electron chi connectivity index (χ1n) is 5.81. The van der Waals surface area contributed by atoms with Gasteiger partial charge in [0.2, 0.25) is 0 Å². The first-order valence-corrected chi connectivity index (χ1v) is 6.80. The third-order valence-corrected chi connectivity index (χ3v) is 3.96. The maximum Gasteiger partial charge on any atom is 0.0189 e. The largest absolute Gasteiger partial charge is 0.313 e. The van der Waals surface area contributed by atoms with Crippen LogP contribution in [-0.4, -0.2) is 18.3 Å². The topological polar surface area (TPSA) is 12.0 Å². The Morgan fingerprint density at radius 2 is 2.07 bits per heavy atom. The lowest BCUT2D eigenvalue weighted by Gasteiger charge is -2.16. The maximum absolute atomic E-state index is 3.59. The fraction of sp³-hybridized carbons (Fsp3) is 0.538. The summed E-state index contributed by atoms with van der Waals surface area (Å²) in [6.45, 7) is 3.29. The molecule has 0 radical (unpaired) electrons. The Balaban J connectivity index is 1.80. The molecular formula is C13H19NS. The molecule has 82 valence electrons. The van der Waals surface area contributed by atoms with Crippen molar-refractivity contribution in [2.45, 2.75) is 30.7 Å². The molecule has 1 unspecified atom stereocenters. The highest BCUT2D eigenvalue weighted by atomic mass is 32.2. The maximum atomic E-state index is 3.59. The van der Waals surface area contributed by atoms with Crippen LogP contribution in [0.5, 0.6) is 0 Å². The zero-order valence-electron chi connectivity index (χ0n) is 9.28. The van der Waals surface area contributed by atoms with Gasteiger partial charge in [-0.2, -0.15) is 0 Å². The molecule has 2 rings (SSSR count). The number of benzene rings is 1. The number of rotatable bonds is 6. The first-order chi connectivity index (χ1) is 7.40. The zero-order chi connectivity index (χ0) is 10.5. The van der Waals surface area contributed by atoms with Crippen molar-refractivity contribution >= 4 is 11.8 Å². The van der Waals surface area contributed by atoms with E-state index in [1.165, 1.54) is 23.5 Å². The lowest BCUT2D eigenvalue weighted by molar-refractivity contribution is 0.519. The molecular weight excluding hydrogens is 202 g/mol. The van der Waals surface area contributed by atoms with E-state index in [-0.39, 0.29) is 0 Å². The Bertz CT molecular complexity index is 282. The highest BCUT2D eigenvalue weighted by Crippen LogP contribution is 2.35. The number of hydrogen-bond acceptors (Lipinski definition) is 2. The summed E-state index contributed by atoms with van der Waals surface area (Å²) in [6.07, 6.45) is 2.85. The average molecular weight is 221 g/mol. The van der Waals surface area contributed by atoms with Gasteiger partial charge in [-0.05, 0) is 37.4 Å². The highest BCUT2D eigenvalue weighted by Gasteiger charge is 2.30. The summed E-state index contributed by atoms with van der Waals surface area (Å²) < 4.78 is 0. The Morgan fingerprint density at radius 1 is 1.33 bits per heavy atom. The van der Waals surface area contributed by atoms with E-state index < -0.39 is 0 Å². The standard InChI is InChI=1S/C13H19NS/c1-2-14-13(11-8-9-11)10-15-12-6-4-3-5-7-12/h3-7,11,13-14H,2,8-10H2,1H3. The second-order valence-corrected chi connectivity index (χ2v) is 5.22. The molecule has 1 aromatic rings. The fourth-order valence-electron chi connectivity index (χ4n) is 1.83. The van der Waals surface area contributed by atoms with Gasteiger partial charge < -0.3 is 5.32 Å². The van der Waals surface area contributed by atoms with Crippen LogP contribution in [0.2, 0.25) is 0 Å². The molecule has 0 bridgehead atoms. The fourth-order valence-corrected chi connectivity index (χ4v) is 2.94. The van der Waals surface area contributed by atoms with Gasteiger partial charge in [-0.25, -0.2) is 0 Å². The Morgan fingerprint density at radius 3 is 2.67 bits per heavy atom. The van der Waals surface area contributed by atoms with E-state index in [1.807, 2.05) is 11.8 Å². The first kappa shape index (κ1) is 11.0. The van der Waals surface area contributed by atoms with E-state index in [2.05, 4.69) is 42.6 Å². The number of nitrogens with one attached hydrogen (secondary N) is 1. The van der Waals surface area contributed by atoms with Gasteiger partial charge in [-0.1, -0.05) is 25.1 Å². The lowest BCUT2D eigenvalue weighted by Crippen LogP contribution is -2.33. The molecule has 1 nitrogen and oxygen atoms in total. The number of hydrogen-bond donors (Lipinski definition) is 1. The monoisotopic (exact) mass is 221 g/mol. The van der Waals surface area contributed by atoms with Crippen LogP contribution in [0, 0.1) is 5.92 Å². The van der Waals surface area contributed by atoms with Crippen molar-refractivity contribution in [3.63, 3.8) is 0 Å². The summed E-state index contributed by atoms with van der Waals surface area (Å²) in [5.41, 5.74) is 0. The third-order valence-electron chi connectivity index (χ3n) is 2.83. The molecule has 0 amide bonds. The van der Waals surface area contributed by atoms with Gasteiger partial charge in [0.15, 0.2) is 0 Å². The van der Waals surface area contributed by atoms with Crippen LogP contribution in [0.4, 0.5) is 0 Å². The van der Waals surface area contributed by atoms with E-state index in [4.69, 9.17) is 0 Å². The summed E-state index contributed by atoms with van der Waals surface area (Å²) in [5, 5.41) is 3.59. The smallest absolute Gasteiger partial charge is 0.0189 e. The van der Waals surface area contributed by atoms with Gasteiger partial charge in [-0.15, -0.1) is 11.8 Å². The molecule has 1 aliphatic rings. The van der Waals surface area contributed by atoms with E-state index in [0.717, 1.165) is 18.5 Å². The molecule has 1 aliphatic carbocycles. The zero-order valence-corrected chi connectivity index (χ0v) is 10.1. The molecule has 0 aliphatic heterocycles. The molecule has 0 heterocycles. The summed E-state index contributed by atoms with van der Waals surface area (Å²) in [6, 6.07) is 11.4. The molecule has 2 heteroatoms. The Labute approximate surface area is 96.7 Å². The summed E-state index contributed by atoms with van der Waals surface area (Å²) in [5.74, 6) is 2.16. The van der Waals surface area contributed by atoms with Gasteiger partial charge >= 0.3 is 0 Å². The molecule has 1 fully saturated rings. The van der Waals surface area contributed by atoms with Crippen LogP contribution in [0.3, 0.4) is 0 Å². The second kappa shape index (κ2) is 5.57. The predicted octanol–water partition coefficient (Wildman–Crippen LogP) is 3.17. The van der Waals surface area contributed by atoms with E-state index in [9.17, 15) is 0 Å². The van der Waals surface area contributed by atoms with Crippen LogP contribution in [-0.2, 0) is 0 Å². The SMILES string of the molecule is CCNC(CSc1ccccc1)C1CC1. The van der Waals surface area contributed by atoms with Crippen LogP contribution in [0.1, 0.15) is 19.8 Å². The normalized spacial score (nSPS) is 17.7. The van der Waals surface area contributed by atoms with Crippen molar-refractivity contribution in [2.24, 2.45) is 5.92 Å². The van der Waals surface area contributed by atoms with Crippen LogP contribution < -0.4 is 5.32 Å². The number of thioether (sulfide) groups is 1. The predicted molar refractivity (Wildman–Crippen MR) is 67.4 cm³/mol. The van der Waals surface area contributed by atoms with Crippen molar-refractivity contribution in [3.8, 4) is 0 Å². The third kappa shape index (κ3) is 3.54. The van der Waals surface area contributed by atoms with E-state index >= 15 is 0 Å². The molecule has 1 aromatic carbocycles. The second-order valence-electron chi connectivity index (χ2n) is 4.13. The van der Waals surface area contributed by atoms with Gasteiger partial charge in [-0.3, -0.25) is 0 Å². The van der Waals surface area contributed by atoms with Crippen LogP contribution in [0.15, 0.2) is 35.2 Å². The molecule has 0 aromatic heterocycles. The van der Waals surface area contributed by atoms with E-state index in [0.29, 0.717) is 0 Å². The van der Waals surface area contributed by atoms with Gasteiger partial charge in [0.1, 0.15) is 0 Å². The summed E-state index contributed by atoms with van der Waals surface area (Å²) >= 11 is 1.97. The van der Waals surface area contributed by atoms with Crippen molar-refractivity contribution in [1.29, 1.82) is 0 Å². The van der Waals surface area contributed by atoms with Crippen molar-refractivity contribution < 1.29 is 0 Å². The van der Waals surface area contributed by atoms with Crippen molar-refractivity contribution in [2.75, 3.05) is 12.3 Å². The van der Waals surface area contributed by atoms with Gasteiger partial charge in [0.25, 0.3) is 0 Å². The Kier molecular flexibility index (Phi) is 4.09. The molecule has 1 atom stereocenters. The Hall–Kier alpha value is -0.470. The van der Waals surface area contributed by atoms with Crippen molar-refractivity contribution in [3.05, 3.63) is 30.3 Å². The molecule has 15 heavy (non-hydrogen) atoms. The van der Waals surface area contributed by atoms with Gasteiger partial charge in [0.05, 0.1) is 0 Å². The van der Waals surface area contributed by atoms with Gasteiger partial charge in [0, 0.05) is 16.7 Å². The minimum absolute atomic E-state index is 0.722. The average Bonchev–Trinajstić information content (AvgIpc) is 3.09. The molecule has 0 spiro atoms. The summed E-state index contributed by atoms with van der Waals surface area (Å²) in [7, 11) is 0. The van der Waals surface area contributed by atoms with Crippen LogP contribution in [0.25, 0.3) is 0 Å². The minimum atomic E-state index is 0.722.